The van der Waals surface area contributed by atoms with Crippen molar-refractivity contribution in [3.8, 4) is 0 Å². The second kappa shape index (κ2) is 4.90. The van der Waals surface area contributed by atoms with E-state index < -0.39 is 0 Å². The molecule has 0 bridgehead atoms. The Hall–Kier alpha value is -1.06. The Balaban J connectivity index is 0.00000120. The molecule has 1 aromatic carbocycles. The number of hydrogen-bond donors (Lipinski definition) is 1. The highest BCUT2D eigenvalue weighted by Gasteiger charge is 2.47. The maximum Gasteiger partial charge on any atom is 0.338 e. The Morgan fingerprint density at radius 2 is 2.22 bits per heavy atom. The lowest BCUT2D eigenvalue weighted by Gasteiger charge is -2.27. The van der Waals surface area contributed by atoms with Gasteiger partial charge < -0.3 is 10.1 Å². The van der Waals surface area contributed by atoms with E-state index in [-0.39, 0.29) is 18.4 Å². The largest absolute Gasteiger partial charge is 0.462 e. The smallest absolute Gasteiger partial charge is 0.338 e. The van der Waals surface area contributed by atoms with Gasteiger partial charge in [0.2, 0.25) is 0 Å². The summed E-state index contributed by atoms with van der Waals surface area (Å²) < 4.78 is 5.12. The number of carbonyl (C=O) groups is 1. The van der Waals surface area contributed by atoms with E-state index in [0.29, 0.717) is 12.0 Å². The molecule has 98 valence electrons. The summed E-state index contributed by atoms with van der Waals surface area (Å²) >= 11 is 0. The number of benzene rings is 1. The third-order valence-electron chi connectivity index (χ3n) is 3.86. The van der Waals surface area contributed by atoms with Gasteiger partial charge in [-0.1, -0.05) is 12.1 Å². The van der Waals surface area contributed by atoms with Crippen LogP contribution in [0.15, 0.2) is 18.2 Å². The van der Waals surface area contributed by atoms with E-state index in [1.165, 1.54) is 18.4 Å². The molecule has 3 nitrogen and oxygen atoms in total. The molecule has 0 aromatic heterocycles. The van der Waals surface area contributed by atoms with Crippen LogP contribution in [0.3, 0.4) is 0 Å². The number of nitrogens with one attached hydrogen (secondary N) is 1. The minimum atomic E-state index is -0.191. The summed E-state index contributed by atoms with van der Waals surface area (Å²) in [5, 5.41) is 3.42. The third-order valence-corrected chi connectivity index (χ3v) is 3.86. The van der Waals surface area contributed by atoms with E-state index in [2.05, 4.69) is 11.4 Å². The number of esters is 1. The molecular weight excluding hydrogens is 250 g/mol. The van der Waals surface area contributed by atoms with Crippen LogP contribution in [0.2, 0.25) is 0 Å². The zero-order valence-electron chi connectivity index (χ0n) is 10.5. The van der Waals surface area contributed by atoms with Gasteiger partial charge in [-0.15, -0.1) is 12.4 Å². The molecule has 0 unspecified atom stereocenters. The third kappa shape index (κ3) is 2.02. The van der Waals surface area contributed by atoms with Crippen molar-refractivity contribution < 1.29 is 9.53 Å². The molecule has 2 aliphatic rings. The van der Waals surface area contributed by atoms with Crippen LogP contribution in [0.25, 0.3) is 0 Å². The average Bonchev–Trinajstić information content (AvgIpc) is 3.10. The van der Waals surface area contributed by atoms with Crippen molar-refractivity contribution in [2.75, 3.05) is 13.2 Å². The topological polar surface area (TPSA) is 38.3 Å². The number of hydrogen-bond acceptors (Lipinski definition) is 3. The molecule has 1 aliphatic heterocycles. The Morgan fingerprint density at radius 1 is 1.44 bits per heavy atom. The van der Waals surface area contributed by atoms with Gasteiger partial charge in [-0.3, -0.25) is 0 Å². The van der Waals surface area contributed by atoms with Crippen LogP contribution in [0.4, 0.5) is 0 Å². The summed E-state index contributed by atoms with van der Waals surface area (Å²) in [4.78, 5) is 11.9. The van der Waals surface area contributed by atoms with Crippen LogP contribution in [0.1, 0.15) is 41.3 Å². The van der Waals surface area contributed by atoms with Crippen molar-refractivity contribution in [1.29, 1.82) is 0 Å². The van der Waals surface area contributed by atoms with Crippen LogP contribution < -0.4 is 5.32 Å². The molecule has 18 heavy (non-hydrogen) atoms. The maximum atomic E-state index is 11.9. The normalized spacial score (nSPS) is 18.7. The minimum Gasteiger partial charge on any atom is -0.462 e. The molecule has 1 saturated carbocycles. The molecule has 1 heterocycles. The lowest BCUT2D eigenvalue weighted by atomic mass is 9.85. The highest BCUT2D eigenvalue weighted by atomic mass is 35.5. The van der Waals surface area contributed by atoms with Gasteiger partial charge in [0, 0.05) is 18.5 Å². The van der Waals surface area contributed by atoms with E-state index in [1.54, 1.807) is 0 Å². The van der Waals surface area contributed by atoms with Crippen molar-refractivity contribution in [2.24, 2.45) is 0 Å². The summed E-state index contributed by atoms with van der Waals surface area (Å²) in [6.45, 7) is 4.10. The first-order valence-electron chi connectivity index (χ1n) is 6.27. The predicted octanol–water partition coefficient (Wildman–Crippen LogP) is 2.42. The Bertz CT molecular complexity index is 469. The molecule has 4 heteroatoms. The molecule has 1 fully saturated rings. The highest BCUT2D eigenvalue weighted by molar-refractivity contribution is 5.91. The van der Waals surface area contributed by atoms with Crippen LogP contribution in [-0.4, -0.2) is 19.1 Å². The first kappa shape index (κ1) is 13.4. The molecule has 0 radical (unpaired) electrons. The summed E-state index contributed by atoms with van der Waals surface area (Å²) in [5.41, 5.74) is 3.56. The van der Waals surface area contributed by atoms with E-state index in [4.69, 9.17) is 4.74 Å². The Morgan fingerprint density at radius 3 is 2.89 bits per heavy atom. The Kier molecular flexibility index (Phi) is 3.64. The summed E-state index contributed by atoms with van der Waals surface area (Å²) in [5.74, 6) is -0.191. The van der Waals surface area contributed by atoms with Gasteiger partial charge in [0.1, 0.15) is 0 Å². The number of carbonyl (C=O) groups excluding carboxylic acids is 1. The highest BCUT2D eigenvalue weighted by Crippen LogP contribution is 2.50. The first-order chi connectivity index (χ1) is 8.27. The molecule has 1 aliphatic carbocycles. The lowest BCUT2D eigenvalue weighted by molar-refractivity contribution is 0.0524. The van der Waals surface area contributed by atoms with Crippen LogP contribution in [-0.2, 0) is 16.7 Å². The van der Waals surface area contributed by atoms with Crippen molar-refractivity contribution in [3.05, 3.63) is 34.9 Å². The standard InChI is InChI=1S/C14H17NO2.ClH/c1-2-17-13(16)10-4-3-5-12-11(10)8-15-9-14(12)6-7-14;/h3-5,15H,2,6-9H2,1H3;1H. The van der Waals surface area contributed by atoms with Crippen LogP contribution in [0.5, 0.6) is 0 Å². The van der Waals surface area contributed by atoms with Gasteiger partial charge in [0.15, 0.2) is 0 Å². The predicted molar refractivity (Wildman–Crippen MR) is 72.3 cm³/mol. The molecule has 0 saturated heterocycles. The lowest BCUT2D eigenvalue weighted by Crippen LogP contribution is -2.34. The average molecular weight is 268 g/mol. The van der Waals surface area contributed by atoms with E-state index in [0.717, 1.165) is 24.2 Å². The molecule has 1 aromatic rings. The molecule has 0 amide bonds. The van der Waals surface area contributed by atoms with E-state index in [9.17, 15) is 4.79 Å². The fourth-order valence-electron chi connectivity index (χ4n) is 2.79. The van der Waals surface area contributed by atoms with Gasteiger partial charge in [-0.25, -0.2) is 4.79 Å². The van der Waals surface area contributed by atoms with E-state index in [1.807, 2.05) is 19.1 Å². The van der Waals surface area contributed by atoms with Gasteiger partial charge in [-0.05, 0) is 37.0 Å². The second-order valence-corrected chi connectivity index (χ2v) is 4.94. The fourth-order valence-corrected chi connectivity index (χ4v) is 2.79. The SMILES string of the molecule is CCOC(=O)c1cccc2c1CNCC21CC1.Cl. The fraction of sp³-hybridized carbons (Fsp3) is 0.500. The van der Waals surface area contributed by atoms with Crippen molar-refractivity contribution in [3.63, 3.8) is 0 Å². The molecule has 3 rings (SSSR count). The second-order valence-electron chi connectivity index (χ2n) is 4.94. The maximum absolute atomic E-state index is 11.9. The van der Waals surface area contributed by atoms with E-state index >= 15 is 0 Å². The monoisotopic (exact) mass is 267 g/mol. The van der Waals surface area contributed by atoms with Crippen LogP contribution >= 0.6 is 12.4 Å². The zero-order valence-corrected chi connectivity index (χ0v) is 11.3. The summed E-state index contributed by atoms with van der Waals surface area (Å²) in [6, 6.07) is 6.03. The number of halogens is 1. The van der Waals surface area contributed by atoms with Crippen molar-refractivity contribution in [2.45, 2.75) is 31.7 Å². The molecule has 1 N–H and O–H groups in total. The van der Waals surface area contributed by atoms with Crippen molar-refractivity contribution >= 4 is 18.4 Å². The first-order valence-corrected chi connectivity index (χ1v) is 6.27. The molecule has 0 atom stereocenters. The number of ether oxygens (including phenoxy) is 1. The molecular formula is C14H18ClNO2. The van der Waals surface area contributed by atoms with Gasteiger partial charge >= 0.3 is 5.97 Å². The zero-order chi connectivity index (χ0) is 11.9. The summed E-state index contributed by atoms with van der Waals surface area (Å²) in [7, 11) is 0. The van der Waals surface area contributed by atoms with Gasteiger partial charge in [0.05, 0.1) is 12.2 Å². The summed E-state index contributed by atoms with van der Waals surface area (Å²) in [6.07, 6.45) is 2.47. The number of rotatable bonds is 2. The van der Waals surface area contributed by atoms with Crippen molar-refractivity contribution in [1.82, 2.24) is 5.32 Å². The molecule has 1 spiro atoms. The number of fused-ring (bicyclic) bond motifs is 2. The Labute approximate surface area is 113 Å². The quantitative estimate of drug-likeness (QED) is 0.837. The van der Waals surface area contributed by atoms with Crippen LogP contribution in [0, 0.1) is 0 Å². The minimum absolute atomic E-state index is 0. The van der Waals surface area contributed by atoms with Gasteiger partial charge in [0.25, 0.3) is 0 Å². The van der Waals surface area contributed by atoms with Gasteiger partial charge in [-0.2, -0.15) is 0 Å².